The van der Waals surface area contributed by atoms with E-state index in [2.05, 4.69) is 36.8 Å². The van der Waals surface area contributed by atoms with Crippen LogP contribution in [0.1, 0.15) is 22.3 Å². The van der Waals surface area contributed by atoms with Crippen molar-refractivity contribution >= 4 is 44.0 Å². The van der Waals surface area contributed by atoms with Gasteiger partial charge in [0, 0.05) is 11.0 Å². The molecular weight excluding hydrogens is 342 g/mol. The highest BCUT2D eigenvalue weighted by Crippen LogP contribution is 2.22. The molecule has 0 aliphatic heterocycles. The van der Waals surface area contributed by atoms with Crippen LogP contribution in [0.15, 0.2) is 22.7 Å². The molecule has 6 nitrogen and oxygen atoms in total. The molecule has 0 aliphatic carbocycles. The predicted octanol–water partition coefficient (Wildman–Crippen LogP) is 2.86. The molecule has 2 N–H and O–H groups in total. The van der Waals surface area contributed by atoms with Crippen LogP contribution in [0.25, 0.3) is 0 Å². The van der Waals surface area contributed by atoms with Gasteiger partial charge in [0.05, 0.1) is 11.3 Å². The van der Waals surface area contributed by atoms with Crippen LogP contribution < -0.4 is 10.6 Å². The molecule has 0 aliphatic rings. The third kappa shape index (κ3) is 3.31. The lowest BCUT2D eigenvalue weighted by molar-refractivity contribution is 0.102. The number of nitrogens with one attached hydrogen (secondary N) is 2. The van der Waals surface area contributed by atoms with E-state index in [0.717, 1.165) is 15.8 Å². The fourth-order valence-corrected chi connectivity index (χ4v) is 2.50. The van der Waals surface area contributed by atoms with Crippen molar-refractivity contribution < 1.29 is 4.79 Å². The summed E-state index contributed by atoms with van der Waals surface area (Å²) in [4.78, 5) is 12.0. The molecule has 0 saturated carbocycles. The van der Waals surface area contributed by atoms with Gasteiger partial charge in [-0.3, -0.25) is 4.79 Å². The minimum atomic E-state index is -0.384. The number of aromatic nitrogens is 2. The zero-order valence-corrected chi connectivity index (χ0v) is 12.9. The Morgan fingerprint density at radius 2 is 2.30 bits per heavy atom. The first-order chi connectivity index (χ1) is 9.63. The minimum absolute atomic E-state index is 0.243. The van der Waals surface area contributed by atoms with Crippen LogP contribution in [-0.4, -0.2) is 22.6 Å². The molecule has 8 heteroatoms. The van der Waals surface area contributed by atoms with Crippen molar-refractivity contribution in [1.82, 2.24) is 10.2 Å². The number of nitrogens with zero attached hydrogens (tertiary/aromatic N) is 3. The van der Waals surface area contributed by atoms with Gasteiger partial charge in [-0.1, -0.05) is 27.3 Å². The lowest BCUT2D eigenvalue weighted by Crippen LogP contribution is -2.12. The van der Waals surface area contributed by atoms with Crippen LogP contribution in [0, 0.1) is 11.3 Å². The van der Waals surface area contributed by atoms with Crippen molar-refractivity contribution in [2.45, 2.75) is 6.92 Å². The van der Waals surface area contributed by atoms with E-state index in [4.69, 9.17) is 5.26 Å². The summed E-state index contributed by atoms with van der Waals surface area (Å²) in [6, 6.07) is 7.08. The number of carbonyl (C=O) groups is 1. The number of nitriles is 1. The van der Waals surface area contributed by atoms with Crippen LogP contribution >= 0.6 is 27.3 Å². The molecule has 0 fully saturated rings. The Balaban J connectivity index is 2.17. The van der Waals surface area contributed by atoms with Crippen molar-refractivity contribution in [3.63, 3.8) is 0 Å². The second kappa shape index (κ2) is 6.45. The Morgan fingerprint density at radius 3 is 3.00 bits per heavy atom. The molecule has 1 aromatic heterocycles. The van der Waals surface area contributed by atoms with Gasteiger partial charge in [0.2, 0.25) is 10.1 Å². The molecule has 1 amide bonds. The summed E-state index contributed by atoms with van der Waals surface area (Å²) in [7, 11) is 0. The third-order valence-corrected chi connectivity index (χ3v) is 3.67. The highest BCUT2D eigenvalue weighted by Gasteiger charge is 2.14. The molecule has 1 heterocycles. The molecule has 0 bridgehead atoms. The number of carbonyl (C=O) groups excluding carboxylic acids is 1. The smallest absolute Gasteiger partial charge is 0.286 e. The molecule has 0 spiro atoms. The lowest BCUT2D eigenvalue weighted by atomic mass is 10.2. The molecule has 0 unspecified atom stereocenters. The van der Waals surface area contributed by atoms with Gasteiger partial charge in [-0.2, -0.15) is 5.26 Å². The van der Waals surface area contributed by atoms with Crippen LogP contribution in [0.3, 0.4) is 0 Å². The van der Waals surface area contributed by atoms with E-state index in [1.54, 1.807) is 18.2 Å². The van der Waals surface area contributed by atoms with E-state index in [9.17, 15) is 4.79 Å². The molecule has 2 rings (SSSR count). The maximum Gasteiger partial charge on any atom is 0.286 e. The third-order valence-electron chi connectivity index (χ3n) is 2.30. The first kappa shape index (κ1) is 14.4. The topological polar surface area (TPSA) is 90.7 Å². The number of anilines is 2. The second-order valence-corrected chi connectivity index (χ2v) is 5.59. The zero-order chi connectivity index (χ0) is 14.5. The van der Waals surface area contributed by atoms with Crippen molar-refractivity contribution in [2.75, 3.05) is 17.2 Å². The number of halogens is 1. The Bertz CT molecular complexity index is 679. The summed E-state index contributed by atoms with van der Waals surface area (Å²) in [6.07, 6.45) is 0. The summed E-state index contributed by atoms with van der Waals surface area (Å²) < 4.78 is 0.775. The van der Waals surface area contributed by atoms with Crippen LogP contribution in [0.4, 0.5) is 10.8 Å². The monoisotopic (exact) mass is 351 g/mol. The van der Waals surface area contributed by atoms with Crippen molar-refractivity contribution in [3.05, 3.63) is 33.2 Å². The Hall–Kier alpha value is -1.98. The normalized spacial score (nSPS) is 9.85. The first-order valence-electron chi connectivity index (χ1n) is 5.72. The standard InChI is InChI=1S/C12H10BrN5OS/c1-2-15-12-18-17-11(20-12)10(19)16-9-4-3-8(13)5-7(9)6-14/h3-5H,2H2,1H3,(H,15,18)(H,16,19). The zero-order valence-electron chi connectivity index (χ0n) is 10.5. The Morgan fingerprint density at radius 1 is 1.50 bits per heavy atom. The Labute approximate surface area is 128 Å². The van der Waals surface area contributed by atoms with Gasteiger partial charge in [0.1, 0.15) is 6.07 Å². The highest BCUT2D eigenvalue weighted by molar-refractivity contribution is 9.10. The highest BCUT2D eigenvalue weighted by atomic mass is 79.9. The van der Waals surface area contributed by atoms with Crippen LogP contribution in [-0.2, 0) is 0 Å². The fraction of sp³-hybridized carbons (Fsp3) is 0.167. The minimum Gasteiger partial charge on any atom is -0.360 e. The summed E-state index contributed by atoms with van der Waals surface area (Å²) in [5.74, 6) is -0.384. The molecule has 0 atom stereocenters. The second-order valence-electron chi connectivity index (χ2n) is 3.70. The quantitative estimate of drug-likeness (QED) is 0.883. The molecule has 0 radical (unpaired) electrons. The lowest BCUT2D eigenvalue weighted by Gasteiger charge is -2.05. The van der Waals surface area contributed by atoms with E-state index in [-0.39, 0.29) is 10.9 Å². The van der Waals surface area contributed by atoms with Gasteiger partial charge in [-0.15, -0.1) is 10.2 Å². The molecule has 0 saturated heterocycles. The van der Waals surface area contributed by atoms with E-state index in [1.807, 2.05) is 13.0 Å². The number of hydrogen-bond donors (Lipinski definition) is 2. The van der Waals surface area contributed by atoms with Crippen LogP contribution in [0.2, 0.25) is 0 Å². The van der Waals surface area contributed by atoms with Crippen molar-refractivity contribution in [2.24, 2.45) is 0 Å². The largest absolute Gasteiger partial charge is 0.360 e. The van der Waals surface area contributed by atoms with E-state index >= 15 is 0 Å². The maximum absolute atomic E-state index is 12.0. The molecule has 2 aromatic rings. The van der Waals surface area contributed by atoms with Crippen LogP contribution in [0.5, 0.6) is 0 Å². The van der Waals surface area contributed by atoms with Gasteiger partial charge in [0.15, 0.2) is 0 Å². The van der Waals surface area contributed by atoms with Gasteiger partial charge >= 0.3 is 0 Å². The van der Waals surface area contributed by atoms with Crippen molar-refractivity contribution in [1.29, 1.82) is 5.26 Å². The molecule has 20 heavy (non-hydrogen) atoms. The van der Waals surface area contributed by atoms with Gasteiger partial charge in [0.25, 0.3) is 5.91 Å². The van der Waals surface area contributed by atoms with Crippen molar-refractivity contribution in [3.8, 4) is 6.07 Å². The average Bonchev–Trinajstić information content (AvgIpc) is 2.90. The fourth-order valence-electron chi connectivity index (χ4n) is 1.43. The molecule has 102 valence electrons. The summed E-state index contributed by atoms with van der Waals surface area (Å²) >= 11 is 4.44. The molecule has 1 aromatic carbocycles. The van der Waals surface area contributed by atoms with Gasteiger partial charge in [-0.05, 0) is 25.1 Å². The summed E-state index contributed by atoms with van der Waals surface area (Å²) in [5.41, 5.74) is 0.824. The Kier molecular flexibility index (Phi) is 4.65. The number of rotatable bonds is 4. The van der Waals surface area contributed by atoms with Gasteiger partial charge in [-0.25, -0.2) is 0 Å². The van der Waals surface area contributed by atoms with E-state index < -0.39 is 0 Å². The number of hydrogen-bond acceptors (Lipinski definition) is 6. The summed E-state index contributed by atoms with van der Waals surface area (Å²) in [5, 5.41) is 23.2. The summed E-state index contributed by atoms with van der Waals surface area (Å²) in [6.45, 7) is 2.64. The maximum atomic E-state index is 12.0. The first-order valence-corrected chi connectivity index (χ1v) is 7.33. The average molecular weight is 352 g/mol. The molecular formula is C12H10BrN5OS. The van der Waals surface area contributed by atoms with E-state index in [0.29, 0.717) is 22.9 Å². The number of benzene rings is 1. The van der Waals surface area contributed by atoms with Gasteiger partial charge < -0.3 is 10.6 Å². The predicted molar refractivity (Wildman–Crippen MR) is 80.9 cm³/mol. The van der Waals surface area contributed by atoms with E-state index in [1.165, 1.54) is 0 Å². The SMILES string of the molecule is CCNc1nnc(C(=O)Nc2ccc(Br)cc2C#N)s1. The number of amides is 1.